The first kappa shape index (κ1) is 21.8. The smallest absolute Gasteiger partial charge is 0.259 e. The maximum absolute atomic E-state index is 13.6. The molecular formula is C23H19Cl2FN2O2S. The van der Waals surface area contributed by atoms with E-state index in [-0.39, 0.29) is 10.9 Å². The van der Waals surface area contributed by atoms with Crippen LogP contribution in [0.1, 0.15) is 28.6 Å². The van der Waals surface area contributed by atoms with Crippen LogP contribution in [0.5, 0.6) is 0 Å². The molecule has 0 radical (unpaired) electrons. The quantitative estimate of drug-likeness (QED) is 0.518. The average Bonchev–Trinajstić information content (AvgIpc) is 3.08. The highest BCUT2D eigenvalue weighted by Gasteiger charge is 2.36. The molecule has 4 rings (SSSR count). The highest BCUT2D eigenvalue weighted by molar-refractivity contribution is 7.11. The number of nitrogens with zero attached hydrogens (tertiary/aromatic N) is 1. The van der Waals surface area contributed by atoms with E-state index in [0.717, 1.165) is 17.0 Å². The van der Waals surface area contributed by atoms with Crippen LogP contribution in [0.15, 0.2) is 59.8 Å². The lowest BCUT2D eigenvalue weighted by atomic mass is 9.88. The van der Waals surface area contributed by atoms with E-state index in [1.807, 2.05) is 23.6 Å². The lowest BCUT2D eigenvalue weighted by Crippen LogP contribution is -2.37. The number of thiophene rings is 1. The van der Waals surface area contributed by atoms with Crippen molar-refractivity contribution < 1.29 is 14.0 Å². The van der Waals surface area contributed by atoms with E-state index in [1.54, 1.807) is 35.3 Å². The Morgan fingerprint density at radius 2 is 2.10 bits per heavy atom. The molecule has 2 amide bonds. The maximum Gasteiger partial charge on any atom is 0.259 e. The van der Waals surface area contributed by atoms with Crippen LogP contribution in [0.3, 0.4) is 0 Å². The predicted molar refractivity (Wildman–Crippen MR) is 126 cm³/mol. The average molecular weight is 477 g/mol. The molecule has 2 aromatic rings. The van der Waals surface area contributed by atoms with Gasteiger partial charge in [0.1, 0.15) is 5.83 Å². The minimum absolute atomic E-state index is 0.206. The number of amides is 2. The molecule has 1 aromatic heterocycles. The Labute approximate surface area is 193 Å². The van der Waals surface area contributed by atoms with Crippen LogP contribution in [0.2, 0.25) is 5.02 Å². The van der Waals surface area contributed by atoms with Crippen molar-refractivity contribution in [3.8, 4) is 0 Å². The van der Waals surface area contributed by atoms with Crippen molar-refractivity contribution in [3.05, 3.63) is 75.2 Å². The fourth-order valence-electron chi connectivity index (χ4n) is 3.58. The zero-order chi connectivity index (χ0) is 22.2. The van der Waals surface area contributed by atoms with E-state index < -0.39 is 22.5 Å². The lowest BCUT2D eigenvalue weighted by molar-refractivity contribution is -0.119. The molecule has 2 heterocycles. The summed E-state index contributed by atoms with van der Waals surface area (Å²) >= 11 is 14.3. The molecular weight excluding hydrogens is 458 g/mol. The summed E-state index contributed by atoms with van der Waals surface area (Å²) in [4.78, 5) is 27.6. The van der Waals surface area contributed by atoms with Gasteiger partial charge in [-0.3, -0.25) is 9.59 Å². The number of carbonyl (C=O) groups excluding carboxylic acids is 2. The number of hydrogen-bond acceptors (Lipinski definition) is 3. The van der Waals surface area contributed by atoms with Crippen molar-refractivity contribution in [2.75, 3.05) is 16.8 Å². The van der Waals surface area contributed by atoms with E-state index in [1.165, 1.54) is 24.3 Å². The van der Waals surface area contributed by atoms with Crippen LogP contribution in [-0.4, -0.2) is 23.2 Å². The Hall–Kier alpha value is -2.41. The van der Waals surface area contributed by atoms with E-state index in [0.29, 0.717) is 17.8 Å². The molecule has 1 aliphatic carbocycles. The van der Waals surface area contributed by atoms with Gasteiger partial charge in [0.25, 0.3) is 5.91 Å². The SMILES string of the molecule is CC1(Cl)C=CC(F)=CC1C(=O)Nc1ccc(C(=O)N2CCC=Cc3sccc32)c(Cl)c1. The van der Waals surface area contributed by atoms with Gasteiger partial charge in [-0.25, -0.2) is 4.39 Å². The molecule has 0 fully saturated rings. The number of rotatable bonds is 3. The Balaban J connectivity index is 1.53. The first-order valence-electron chi connectivity index (χ1n) is 9.68. The third-order valence-corrected chi connectivity index (χ3v) is 6.79. The number of carbonyl (C=O) groups is 2. The number of hydrogen-bond donors (Lipinski definition) is 1. The second kappa shape index (κ2) is 8.61. The molecule has 4 nitrogen and oxygen atoms in total. The molecule has 1 aromatic carbocycles. The van der Waals surface area contributed by atoms with Crippen LogP contribution in [0, 0.1) is 5.92 Å². The van der Waals surface area contributed by atoms with E-state index in [9.17, 15) is 14.0 Å². The molecule has 8 heteroatoms. The van der Waals surface area contributed by atoms with Gasteiger partial charge < -0.3 is 10.2 Å². The van der Waals surface area contributed by atoms with E-state index in [2.05, 4.69) is 5.32 Å². The number of halogens is 3. The molecule has 2 atom stereocenters. The van der Waals surface area contributed by atoms with Gasteiger partial charge in [-0.15, -0.1) is 22.9 Å². The first-order chi connectivity index (χ1) is 14.8. The van der Waals surface area contributed by atoms with Gasteiger partial charge in [-0.1, -0.05) is 23.8 Å². The Morgan fingerprint density at radius 3 is 2.87 bits per heavy atom. The number of nitrogens with one attached hydrogen (secondary N) is 1. The third kappa shape index (κ3) is 4.47. The standard InChI is InChI=1S/C23H19Cl2FN2O2S/c1-23(25)9-7-14(26)12-17(23)21(29)27-15-5-6-16(18(24)13-15)22(30)28-10-3-2-4-20-19(28)8-11-31-20/h2,4-9,11-13,17H,3,10H2,1H3,(H,27,29). The molecule has 1 N–H and O–H groups in total. The number of fused-ring (bicyclic) bond motifs is 1. The number of allylic oxidation sites excluding steroid dienone is 3. The minimum Gasteiger partial charge on any atom is -0.325 e. The maximum atomic E-state index is 13.6. The summed E-state index contributed by atoms with van der Waals surface area (Å²) in [6.45, 7) is 2.19. The van der Waals surface area contributed by atoms with Gasteiger partial charge in [0.15, 0.2) is 0 Å². The van der Waals surface area contributed by atoms with Crippen molar-refractivity contribution >= 4 is 63.8 Å². The summed E-state index contributed by atoms with van der Waals surface area (Å²) in [6, 6.07) is 6.62. The molecule has 2 unspecified atom stereocenters. The molecule has 0 saturated carbocycles. The second-order valence-corrected chi connectivity index (χ2v) is 9.68. The van der Waals surface area contributed by atoms with Crippen LogP contribution in [0.25, 0.3) is 6.08 Å². The summed E-state index contributed by atoms with van der Waals surface area (Å²) in [5, 5.41) is 4.88. The van der Waals surface area contributed by atoms with Crippen molar-refractivity contribution in [2.45, 2.75) is 18.2 Å². The number of benzene rings is 1. The molecule has 2 aliphatic rings. The Bertz CT molecular complexity index is 1140. The van der Waals surface area contributed by atoms with Gasteiger partial charge in [0.2, 0.25) is 5.91 Å². The van der Waals surface area contributed by atoms with Crippen LogP contribution < -0.4 is 10.2 Å². The molecule has 31 heavy (non-hydrogen) atoms. The Kier molecular flexibility index (Phi) is 6.06. The second-order valence-electron chi connectivity index (χ2n) is 7.52. The van der Waals surface area contributed by atoms with Crippen LogP contribution in [0.4, 0.5) is 15.8 Å². The highest BCUT2D eigenvalue weighted by Crippen LogP contribution is 2.35. The Morgan fingerprint density at radius 1 is 1.29 bits per heavy atom. The van der Waals surface area contributed by atoms with Crippen LogP contribution >= 0.6 is 34.5 Å². The monoisotopic (exact) mass is 476 g/mol. The molecule has 0 saturated heterocycles. The number of anilines is 2. The molecule has 1 aliphatic heterocycles. The van der Waals surface area contributed by atoms with Crippen molar-refractivity contribution in [1.29, 1.82) is 0 Å². The molecule has 0 spiro atoms. The fraction of sp³-hybridized carbons (Fsp3) is 0.217. The van der Waals surface area contributed by atoms with Gasteiger partial charge in [-0.05, 0) is 61.2 Å². The minimum atomic E-state index is -1.04. The summed E-state index contributed by atoms with van der Waals surface area (Å²) in [5.41, 5.74) is 1.60. The van der Waals surface area contributed by atoms with Crippen molar-refractivity contribution in [1.82, 2.24) is 0 Å². The lowest BCUT2D eigenvalue weighted by Gasteiger charge is -2.28. The van der Waals surface area contributed by atoms with Gasteiger partial charge in [0.05, 0.1) is 31.9 Å². The first-order valence-corrected chi connectivity index (χ1v) is 11.3. The largest absolute Gasteiger partial charge is 0.325 e. The molecule has 160 valence electrons. The van der Waals surface area contributed by atoms with E-state index >= 15 is 0 Å². The summed E-state index contributed by atoms with van der Waals surface area (Å²) in [7, 11) is 0. The topological polar surface area (TPSA) is 49.4 Å². The predicted octanol–water partition coefficient (Wildman–Crippen LogP) is 6.44. The third-order valence-electron chi connectivity index (χ3n) is 5.25. The van der Waals surface area contributed by atoms with E-state index in [4.69, 9.17) is 23.2 Å². The van der Waals surface area contributed by atoms with Gasteiger partial charge in [0, 0.05) is 12.2 Å². The van der Waals surface area contributed by atoms with Crippen molar-refractivity contribution in [2.24, 2.45) is 5.92 Å². The fourth-order valence-corrected chi connectivity index (χ4v) is 4.88. The zero-order valence-electron chi connectivity index (χ0n) is 16.6. The van der Waals surface area contributed by atoms with Crippen molar-refractivity contribution in [3.63, 3.8) is 0 Å². The van der Waals surface area contributed by atoms with Crippen LogP contribution in [-0.2, 0) is 4.79 Å². The highest BCUT2D eigenvalue weighted by atomic mass is 35.5. The summed E-state index contributed by atoms with van der Waals surface area (Å²) < 4.78 is 13.6. The van der Waals surface area contributed by atoms with Gasteiger partial charge in [-0.2, -0.15) is 0 Å². The normalized spacial score (nSPS) is 22.5. The van der Waals surface area contributed by atoms with Gasteiger partial charge >= 0.3 is 0 Å². The molecule has 0 bridgehead atoms. The number of alkyl halides is 1. The zero-order valence-corrected chi connectivity index (χ0v) is 18.9. The summed E-state index contributed by atoms with van der Waals surface area (Å²) in [5.74, 6) is -2.08. The summed E-state index contributed by atoms with van der Waals surface area (Å²) in [6.07, 6.45) is 8.70.